The molecule has 2 aliphatic heterocycles. The molecule has 11 heteroatoms. The largest absolute Gasteiger partial charge is 0.465 e. The van der Waals surface area contributed by atoms with Crippen LogP contribution in [0.3, 0.4) is 0 Å². The van der Waals surface area contributed by atoms with Crippen molar-refractivity contribution in [2.24, 2.45) is 0 Å². The van der Waals surface area contributed by atoms with Gasteiger partial charge in [-0.05, 0) is 31.4 Å². The molecule has 1 amide bonds. The number of carbonyl (C=O) groups is 1. The molecule has 1 aromatic carbocycles. The molecule has 2 saturated heterocycles. The summed E-state index contributed by atoms with van der Waals surface area (Å²) in [6, 6.07) is 3.27. The minimum atomic E-state index is -3.44. The van der Waals surface area contributed by atoms with Gasteiger partial charge in [0, 0.05) is 30.9 Å². The number of fused-ring (bicyclic) bond motifs is 3. The number of oxazole rings is 1. The SMILES string of the molecule is CS(=O)(=O)c1cc(-c2nccs2)c2oc(N3CC4CCCC(C3)N4C(=O)O)nc2c1. The van der Waals surface area contributed by atoms with E-state index in [1.807, 2.05) is 10.3 Å². The van der Waals surface area contributed by atoms with Crippen molar-refractivity contribution in [1.29, 1.82) is 0 Å². The zero-order valence-electron chi connectivity index (χ0n) is 16.2. The van der Waals surface area contributed by atoms with E-state index in [4.69, 9.17) is 4.42 Å². The molecule has 1 N–H and O–H groups in total. The van der Waals surface area contributed by atoms with Crippen molar-refractivity contribution in [3.63, 3.8) is 0 Å². The molecule has 2 atom stereocenters. The van der Waals surface area contributed by atoms with Gasteiger partial charge in [0.15, 0.2) is 15.4 Å². The number of piperidine rings is 1. The van der Waals surface area contributed by atoms with Gasteiger partial charge in [-0.1, -0.05) is 0 Å². The molecule has 2 unspecified atom stereocenters. The van der Waals surface area contributed by atoms with Crippen molar-refractivity contribution < 1.29 is 22.7 Å². The van der Waals surface area contributed by atoms with Gasteiger partial charge in [0.05, 0.1) is 22.5 Å². The zero-order chi connectivity index (χ0) is 21.0. The van der Waals surface area contributed by atoms with Crippen LogP contribution >= 0.6 is 11.3 Å². The van der Waals surface area contributed by atoms with E-state index in [1.165, 1.54) is 17.4 Å². The fourth-order valence-corrected chi connectivity index (χ4v) is 5.74. The van der Waals surface area contributed by atoms with Gasteiger partial charge in [-0.3, -0.25) is 4.90 Å². The van der Waals surface area contributed by atoms with Crippen molar-refractivity contribution >= 4 is 44.4 Å². The first-order chi connectivity index (χ1) is 14.3. The molecular weight excluding hydrogens is 428 g/mol. The second-order valence-electron chi connectivity index (χ2n) is 7.76. The summed E-state index contributed by atoms with van der Waals surface area (Å²) in [6.07, 6.45) is 4.55. The van der Waals surface area contributed by atoms with E-state index in [1.54, 1.807) is 17.2 Å². The Labute approximate surface area is 176 Å². The van der Waals surface area contributed by atoms with Gasteiger partial charge in [0.1, 0.15) is 10.5 Å². The first-order valence-electron chi connectivity index (χ1n) is 9.62. The number of piperazine rings is 1. The number of nitrogens with zero attached hydrogens (tertiary/aromatic N) is 4. The fourth-order valence-electron chi connectivity index (χ4n) is 4.44. The van der Waals surface area contributed by atoms with Gasteiger partial charge in [-0.2, -0.15) is 4.98 Å². The third-order valence-corrected chi connectivity index (χ3v) is 7.66. The number of aromatic nitrogens is 2. The van der Waals surface area contributed by atoms with E-state index in [-0.39, 0.29) is 17.0 Å². The highest BCUT2D eigenvalue weighted by atomic mass is 32.2. The Kier molecular flexibility index (Phi) is 4.47. The fraction of sp³-hybridized carbons (Fsp3) is 0.421. The summed E-state index contributed by atoms with van der Waals surface area (Å²) in [5.74, 6) is 0. The molecule has 0 saturated carbocycles. The van der Waals surface area contributed by atoms with Crippen molar-refractivity contribution in [3.05, 3.63) is 23.7 Å². The van der Waals surface area contributed by atoms with Crippen LogP contribution in [0.5, 0.6) is 0 Å². The molecule has 0 spiro atoms. The molecule has 9 nitrogen and oxygen atoms in total. The standard InChI is InChI=1S/C19H20N4O5S2/c1-30(26,27)13-7-14(17-20-5-6-29-17)16-15(8-13)21-18(28-16)22-9-11-3-2-4-12(10-22)23(11)19(24)25/h5-8,11-12H,2-4,9-10H2,1H3,(H,24,25). The summed E-state index contributed by atoms with van der Waals surface area (Å²) in [5, 5.41) is 12.0. The van der Waals surface area contributed by atoms with Crippen molar-refractivity contribution in [2.75, 3.05) is 24.2 Å². The number of rotatable bonds is 3. The minimum absolute atomic E-state index is 0.102. The summed E-state index contributed by atoms with van der Waals surface area (Å²) < 4.78 is 30.5. The third kappa shape index (κ3) is 3.21. The number of anilines is 1. The quantitative estimate of drug-likeness (QED) is 0.650. The van der Waals surface area contributed by atoms with Gasteiger partial charge in [0.25, 0.3) is 6.01 Å². The lowest BCUT2D eigenvalue weighted by atomic mass is 9.92. The highest BCUT2D eigenvalue weighted by Crippen LogP contribution is 2.37. The summed E-state index contributed by atoms with van der Waals surface area (Å²) in [7, 11) is -3.44. The first-order valence-corrected chi connectivity index (χ1v) is 12.4. The maximum atomic E-state index is 12.2. The average Bonchev–Trinajstić information content (AvgIpc) is 3.35. The van der Waals surface area contributed by atoms with E-state index >= 15 is 0 Å². The molecule has 30 heavy (non-hydrogen) atoms. The lowest BCUT2D eigenvalue weighted by molar-refractivity contribution is 0.0593. The first kappa shape index (κ1) is 19.3. The molecular formula is C19H20N4O5S2. The Morgan fingerprint density at radius 3 is 2.60 bits per heavy atom. The number of benzene rings is 1. The molecule has 2 aliphatic rings. The normalized spacial score (nSPS) is 21.9. The topological polar surface area (TPSA) is 117 Å². The molecule has 0 radical (unpaired) electrons. The van der Waals surface area contributed by atoms with Crippen LogP contribution in [0.15, 0.2) is 33.0 Å². The highest BCUT2D eigenvalue weighted by Gasteiger charge is 2.41. The van der Waals surface area contributed by atoms with Gasteiger partial charge < -0.3 is 14.4 Å². The van der Waals surface area contributed by atoms with Crippen LogP contribution in [-0.4, -0.2) is 65.9 Å². The highest BCUT2D eigenvalue weighted by molar-refractivity contribution is 7.90. The lowest BCUT2D eigenvalue weighted by Crippen LogP contribution is -2.62. The Morgan fingerprint density at radius 2 is 2.00 bits per heavy atom. The zero-order valence-corrected chi connectivity index (χ0v) is 17.8. The van der Waals surface area contributed by atoms with Crippen LogP contribution in [0.25, 0.3) is 21.7 Å². The molecule has 2 fully saturated rings. The lowest BCUT2D eigenvalue weighted by Gasteiger charge is -2.48. The molecule has 4 heterocycles. The summed E-state index contributed by atoms with van der Waals surface area (Å²) in [5.41, 5.74) is 1.52. The van der Waals surface area contributed by atoms with Crippen LogP contribution in [0, 0.1) is 0 Å². The predicted octanol–water partition coefficient (Wildman–Crippen LogP) is 3.08. The van der Waals surface area contributed by atoms with E-state index < -0.39 is 15.9 Å². The Hall–Kier alpha value is -2.66. The number of hydrogen-bond acceptors (Lipinski definition) is 8. The van der Waals surface area contributed by atoms with Crippen molar-refractivity contribution in [2.45, 2.75) is 36.2 Å². The average molecular weight is 449 g/mol. The monoisotopic (exact) mass is 448 g/mol. The maximum absolute atomic E-state index is 12.2. The third-order valence-electron chi connectivity index (χ3n) is 5.76. The Balaban J connectivity index is 1.59. The van der Waals surface area contributed by atoms with Crippen LogP contribution in [0.4, 0.5) is 10.8 Å². The van der Waals surface area contributed by atoms with E-state index in [9.17, 15) is 18.3 Å². The van der Waals surface area contributed by atoms with E-state index in [2.05, 4.69) is 9.97 Å². The second-order valence-corrected chi connectivity index (χ2v) is 10.7. The second kappa shape index (κ2) is 6.95. The Bertz CT molecular complexity index is 1210. The molecule has 0 aliphatic carbocycles. The van der Waals surface area contributed by atoms with Gasteiger partial charge >= 0.3 is 6.09 Å². The predicted molar refractivity (Wildman–Crippen MR) is 112 cm³/mol. The summed E-state index contributed by atoms with van der Waals surface area (Å²) in [4.78, 5) is 24.2. The minimum Gasteiger partial charge on any atom is -0.465 e. The number of hydrogen-bond donors (Lipinski definition) is 1. The number of carboxylic acid groups (broad SMARTS) is 1. The molecule has 3 aromatic rings. The molecule has 2 bridgehead atoms. The van der Waals surface area contributed by atoms with Gasteiger partial charge in [-0.25, -0.2) is 18.2 Å². The van der Waals surface area contributed by atoms with Crippen LogP contribution < -0.4 is 4.90 Å². The smallest absolute Gasteiger partial charge is 0.407 e. The van der Waals surface area contributed by atoms with E-state index in [0.717, 1.165) is 25.5 Å². The molecule has 5 rings (SSSR count). The van der Waals surface area contributed by atoms with E-state index in [0.29, 0.717) is 40.8 Å². The van der Waals surface area contributed by atoms with Crippen LogP contribution in [-0.2, 0) is 9.84 Å². The van der Waals surface area contributed by atoms with Crippen molar-refractivity contribution in [3.8, 4) is 10.6 Å². The summed E-state index contributed by atoms with van der Waals surface area (Å²) in [6.45, 7) is 1.00. The summed E-state index contributed by atoms with van der Waals surface area (Å²) >= 11 is 1.39. The number of amides is 1. The van der Waals surface area contributed by atoms with Crippen molar-refractivity contribution in [1.82, 2.24) is 14.9 Å². The van der Waals surface area contributed by atoms with Crippen LogP contribution in [0.1, 0.15) is 19.3 Å². The van der Waals surface area contributed by atoms with Gasteiger partial charge in [0.2, 0.25) is 0 Å². The molecule has 2 aromatic heterocycles. The number of sulfone groups is 1. The maximum Gasteiger partial charge on any atom is 0.407 e. The van der Waals surface area contributed by atoms with Gasteiger partial charge in [-0.15, -0.1) is 11.3 Å². The molecule has 158 valence electrons. The van der Waals surface area contributed by atoms with Crippen LogP contribution in [0.2, 0.25) is 0 Å². The Morgan fingerprint density at radius 1 is 1.27 bits per heavy atom. The number of thiazole rings is 1.